The van der Waals surface area contributed by atoms with Gasteiger partial charge in [0.2, 0.25) is 0 Å². The Morgan fingerprint density at radius 1 is 1.33 bits per heavy atom. The van der Waals surface area contributed by atoms with Crippen molar-refractivity contribution >= 4 is 0 Å². The fourth-order valence-corrected chi connectivity index (χ4v) is 2.02. The number of aryl methyl sites for hydroxylation is 1. The zero-order valence-electron chi connectivity index (χ0n) is 9.24. The lowest BCUT2D eigenvalue weighted by Gasteiger charge is -2.25. The van der Waals surface area contributed by atoms with Crippen LogP contribution < -0.4 is 5.73 Å². The second-order valence-corrected chi connectivity index (χ2v) is 4.36. The predicted octanol–water partition coefficient (Wildman–Crippen LogP) is 2.37. The summed E-state index contributed by atoms with van der Waals surface area (Å²) < 4.78 is 11.2. The molecule has 0 saturated heterocycles. The molecule has 1 fully saturated rings. The minimum atomic E-state index is 0.371. The first kappa shape index (κ1) is 10.7. The average molecular weight is 209 g/mol. The van der Waals surface area contributed by atoms with Gasteiger partial charge in [0.25, 0.3) is 0 Å². The minimum Gasteiger partial charge on any atom is -0.464 e. The highest BCUT2D eigenvalue weighted by molar-refractivity contribution is 5.04. The van der Waals surface area contributed by atoms with E-state index in [0.29, 0.717) is 18.8 Å². The van der Waals surface area contributed by atoms with E-state index in [2.05, 4.69) is 0 Å². The van der Waals surface area contributed by atoms with Gasteiger partial charge >= 0.3 is 0 Å². The summed E-state index contributed by atoms with van der Waals surface area (Å²) >= 11 is 0. The molecule has 1 aromatic heterocycles. The van der Waals surface area contributed by atoms with E-state index >= 15 is 0 Å². The van der Waals surface area contributed by atoms with Gasteiger partial charge in [-0.05, 0) is 44.7 Å². The number of furan rings is 1. The highest BCUT2D eigenvalue weighted by atomic mass is 16.5. The van der Waals surface area contributed by atoms with Gasteiger partial charge < -0.3 is 14.9 Å². The molecule has 3 nitrogen and oxygen atoms in total. The highest BCUT2D eigenvalue weighted by Gasteiger charge is 2.19. The molecule has 0 radical (unpaired) electrons. The van der Waals surface area contributed by atoms with Crippen molar-refractivity contribution in [3.63, 3.8) is 0 Å². The van der Waals surface area contributed by atoms with E-state index in [4.69, 9.17) is 14.9 Å². The standard InChI is InChI=1S/C12H19NO2/c1-9-2-5-12(15-9)8-14-11-6-3-10(13)4-7-11/h2,5,10-11H,3-4,6-8,13H2,1H3. The molecule has 84 valence electrons. The van der Waals surface area contributed by atoms with Gasteiger partial charge in [-0.1, -0.05) is 0 Å². The minimum absolute atomic E-state index is 0.371. The van der Waals surface area contributed by atoms with Gasteiger partial charge in [-0.15, -0.1) is 0 Å². The van der Waals surface area contributed by atoms with Gasteiger partial charge in [-0.3, -0.25) is 0 Å². The molecule has 1 aliphatic rings. The zero-order chi connectivity index (χ0) is 10.7. The molecule has 0 aromatic carbocycles. The van der Waals surface area contributed by atoms with E-state index in [9.17, 15) is 0 Å². The van der Waals surface area contributed by atoms with Gasteiger partial charge in [-0.2, -0.15) is 0 Å². The van der Waals surface area contributed by atoms with E-state index in [1.54, 1.807) is 0 Å². The van der Waals surface area contributed by atoms with Crippen molar-refractivity contribution in [2.75, 3.05) is 0 Å². The van der Waals surface area contributed by atoms with Gasteiger partial charge in [0, 0.05) is 6.04 Å². The molecule has 1 aliphatic carbocycles. The van der Waals surface area contributed by atoms with Crippen LogP contribution >= 0.6 is 0 Å². The van der Waals surface area contributed by atoms with Crippen LogP contribution in [0, 0.1) is 6.92 Å². The Hall–Kier alpha value is -0.800. The molecule has 0 atom stereocenters. The van der Waals surface area contributed by atoms with Gasteiger partial charge in [-0.25, -0.2) is 0 Å². The lowest BCUT2D eigenvalue weighted by molar-refractivity contribution is 0.00569. The van der Waals surface area contributed by atoms with E-state index in [-0.39, 0.29) is 0 Å². The Kier molecular flexibility index (Phi) is 3.44. The van der Waals surface area contributed by atoms with Crippen molar-refractivity contribution in [1.29, 1.82) is 0 Å². The number of hydrogen-bond acceptors (Lipinski definition) is 3. The Bertz CT molecular complexity index is 300. The van der Waals surface area contributed by atoms with E-state index in [1.165, 1.54) is 0 Å². The van der Waals surface area contributed by atoms with Crippen molar-refractivity contribution in [2.45, 2.75) is 51.4 Å². The molecule has 2 N–H and O–H groups in total. The average Bonchev–Trinajstić information content (AvgIpc) is 2.64. The lowest BCUT2D eigenvalue weighted by Crippen LogP contribution is -2.30. The highest BCUT2D eigenvalue weighted by Crippen LogP contribution is 2.21. The number of rotatable bonds is 3. The van der Waals surface area contributed by atoms with Crippen LogP contribution in [0.25, 0.3) is 0 Å². The summed E-state index contributed by atoms with van der Waals surface area (Å²) in [6, 6.07) is 4.33. The first-order valence-electron chi connectivity index (χ1n) is 5.66. The largest absolute Gasteiger partial charge is 0.464 e. The number of ether oxygens (including phenoxy) is 1. The first-order chi connectivity index (χ1) is 7.24. The Balaban J connectivity index is 1.74. The van der Waals surface area contributed by atoms with E-state index in [1.807, 2.05) is 19.1 Å². The number of nitrogens with two attached hydrogens (primary N) is 1. The molecule has 3 heteroatoms. The van der Waals surface area contributed by atoms with Crippen LogP contribution in [0.3, 0.4) is 0 Å². The van der Waals surface area contributed by atoms with Crippen LogP contribution in [0.5, 0.6) is 0 Å². The smallest absolute Gasteiger partial charge is 0.129 e. The molecule has 0 amide bonds. The summed E-state index contributed by atoms with van der Waals surface area (Å²) in [6.07, 6.45) is 4.71. The van der Waals surface area contributed by atoms with Crippen LogP contribution in [0.15, 0.2) is 16.5 Å². The molecule has 0 unspecified atom stereocenters. The molecule has 1 heterocycles. The summed E-state index contributed by atoms with van der Waals surface area (Å²) in [7, 11) is 0. The van der Waals surface area contributed by atoms with Gasteiger partial charge in [0.05, 0.1) is 6.10 Å². The van der Waals surface area contributed by atoms with Crippen LogP contribution in [-0.2, 0) is 11.3 Å². The molecule has 0 spiro atoms. The third-order valence-electron chi connectivity index (χ3n) is 2.98. The van der Waals surface area contributed by atoms with Crippen molar-refractivity contribution in [1.82, 2.24) is 0 Å². The van der Waals surface area contributed by atoms with Crippen LogP contribution in [0.4, 0.5) is 0 Å². The zero-order valence-corrected chi connectivity index (χ0v) is 9.24. The van der Waals surface area contributed by atoms with Crippen LogP contribution in [0.2, 0.25) is 0 Å². The molecule has 1 saturated carbocycles. The summed E-state index contributed by atoms with van der Waals surface area (Å²) in [4.78, 5) is 0. The van der Waals surface area contributed by atoms with E-state index in [0.717, 1.165) is 37.2 Å². The summed E-state index contributed by atoms with van der Waals surface area (Å²) in [6.45, 7) is 2.54. The quantitative estimate of drug-likeness (QED) is 0.831. The van der Waals surface area contributed by atoms with Crippen molar-refractivity contribution < 1.29 is 9.15 Å². The lowest BCUT2D eigenvalue weighted by atomic mass is 9.94. The fraction of sp³-hybridized carbons (Fsp3) is 0.667. The fourth-order valence-electron chi connectivity index (χ4n) is 2.02. The maximum absolute atomic E-state index is 5.83. The second kappa shape index (κ2) is 4.81. The first-order valence-corrected chi connectivity index (χ1v) is 5.66. The molecular formula is C12H19NO2. The Labute approximate surface area is 90.6 Å². The third-order valence-corrected chi connectivity index (χ3v) is 2.98. The Morgan fingerprint density at radius 2 is 2.07 bits per heavy atom. The van der Waals surface area contributed by atoms with Gasteiger partial charge in [0.1, 0.15) is 18.1 Å². The SMILES string of the molecule is Cc1ccc(COC2CCC(N)CC2)o1. The molecule has 2 rings (SSSR count). The summed E-state index contributed by atoms with van der Waals surface area (Å²) in [5, 5.41) is 0. The van der Waals surface area contributed by atoms with Crippen molar-refractivity contribution in [3.05, 3.63) is 23.7 Å². The topological polar surface area (TPSA) is 48.4 Å². The van der Waals surface area contributed by atoms with Crippen molar-refractivity contribution in [3.8, 4) is 0 Å². The molecule has 1 aromatic rings. The monoisotopic (exact) mass is 209 g/mol. The Morgan fingerprint density at radius 3 is 2.67 bits per heavy atom. The summed E-state index contributed by atoms with van der Waals surface area (Å²) in [5.41, 5.74) is 5.83. The number of hydrogen-bond donors (Lipinski definition) is 1. The molecule has 15 heavy (non-hydrogen) atoms. The maximum atomic E-state index is 5.83. The van der Waals surface area contributed by atoms with Crippen LogP contribution in [0.1, 0.15) is 37.2 Å². The maximum Gasteiger partial charge on any atom is 0.129 e. The van der Waals surface area contributed by atoms with Crippen molar-refractivity contribution in [2.24, 2.45) is 5.73 Å². The molecule has 0 aliphatic heterocycles. The van der Waals surface area contributed by atoms with E-state index < -0.39 is 0 Å². The second-order valence-electron chi connectivity index (χ2n) is 4.36. The van der Waals surface area contributed by atoms with Gasteiger partial charge in [0.15, 0.2) is 0 Å². The van der Waals surface area contributed by atoms with Crippen LogP contribution in [-0.4, -0.2) is 12.1 Å². The normalized spacial score (nSPS) is 26.8. The molecular weight excluding hydrogens is 190 g/mol. The summed E-state index contributed by atoms with van der Waals surface area (Å²) in [5.74, 6) is 1.86. The predicted molar refractivity (Wildman–Crippen MR) is 58.5 cm³/mol. The third kappa shape index (κ3) is 3.08. The molecule has 0 bridgehead atoms.